The van der Waals surface area contributed by atoms with E-state index in [2.05, 4.69) is 36.5 Å². The van der Waals surface area contributed by atoms with Crippen LogP contribution in [-0.2, 0) is 0 Å². The van der Waals surface area contributed by atoms with Gasteiger partial charge < -0.3 is 10.2 Å². The number of benzene rings is 2. The van der Waals surface area contributed by atoms with Gasteiger partial charge in [-0.3, -0.25) is 0 Å². The zero-order chi connectivity index (χ0) is 16.8. The Bertz CT molecular complexity index is 602. The Morgan fingerprint density at radius 1 is 0.958 bits per heavy atom. The molecular formula is C21H26N2O. The van der Waals surface area contributed by atoms with E-state index in [4.69, 9.17) is 0 Å². The van der Waals surface area contributed by atoms with Crippen LogP contribution in [0.3, 0.4) is 0 Å². The summed E-state index contributed by atoms with van der Waals surface area (Å²) in [5, 5.41) is 3.25. The standard InChI is InChI=1S/C21H26N2O/c1-17-9-8-15-23(16-14-17)21(24)22-20(18-10-4-2-5-11-18)19-12-6-3-7-13-19/h2-7,10-13,17,20H,8-9,14-16H2,1H3,(H,22,24). The number of nitrogens with one attached hydrogen (secondary N) is 1. The summed E-state index contributed by atoms with van der Waals surface area (Å²) in [6.45, 7) is 3.98. The molecule has 3 rings (SSSR count). The molecule has 1 atom stereocenters. The van der Waals surface area contributed by atoms with Crippen molar-refractivity contribution in [2.75, 3.05) is 13.1 Å². The number of hydrogen-bond acceptors (Lipinski definition) is 1. The lowest BCUT2D eigenvalue weighted by Gasteiger charge is -2.26. The molecule has 0 aliphatic carbocycles. The van der Waals surface area contributed by atoms with E-state index in [1.54, 1.807) is 0 Å². The van der Waals surface area contributed by atoms with Crippen LogP contribution in [0.2, 0.25) is 0 Å². The molecule has 3 nitrogen and oxygen atoms in total. The fraction of sp³-hybridized carbons (Fsp3) is 0.381. The maximum absolute atomic E-state index is 12.8. The van der Waals surface area contributed by atoms with Gasteiger partial charge in [0.15, 0.2) is 0 Å². The highest BCUT2D eigenvalue weighted by Gasteiger charge is 2.22. The molecule has 0 saturated carbocycles. The summed E-state index contributed by atoms with van der Waals surface area (Å²) in [6.07, 6.45) is 3.40. The number of likely N-dealkylation sites (tertiary alicyclic amines) is 1. The first kappa shape index (κ1) is 16.6. The van der Waals surface area contributed by atoms with Crippen LogP contribution in [0.4, 0.5) is 4.79 Å². The molecule has 1 aliphatic rings. The minimum absolute atomic E-state index is 0.0433. The normalized spacial score (nSPS) is 18.2. The lowest BCUT2D eigenvalue weighted by atomic mass is 9.99. The van der Waals surface area contributed by atoms with Crippen molar-refractivity contribution < 1.29 is 4.79 Å². The van der Waals surface area contributed by atoms with Crippen LogP contribution >= 0.6 is 0 Å². The molecule has 2 amide bonds. The molecule has 1 heterocycles. The van der Waals surface area contributed by atoms with Gasteiger partial charge in [-0.25, -0.2) is 4.79 Å². The highest BCUT2D eigenvalue weighted by Crippen LogP contribution is 2.23. The molecule has 2 aromatic carbocycles. The van der Waals surface area contributed by atoms with Gasteiger partial charge in [-0.2, -0.15) is 0 Å². The minimum atomic E-state index is -0.111. The van der Waals surface area contributed by atoms with Crippen LogP contribution in [0.15, 0.2) is 60.7 Å². The van der Waals surface area contributed by atoms with Gasteiger partial charge in [0.25, 0.3) is 0 Å². The van der Waals surface area contributed by atoms with E-state index in [-0.39, 0.29) is 12.1 Å². The molecule has 1 aliphatic heterocycles. The van der Waals surface area contributed by atoms with Gasteiger partial charge in [-0.05, 0) is 36.3 Å². The number of amides is 2. The maximum Gasteiger partial charge on any atom is 0.318 e. The Kier molecular flexibility index (Phi) is 5.52. The molecule has 0 spiro atoms. The average Bonchev–Trinajstić information content (AvgIpc) is 2.85. The fourth-order valence-corrected chi connectivity index (χ4v) is 3.33. The molecule has 3 heteroatoms. The molecule has 1 saturated heterocycles. The van der Waals surface area contributed by atoms with Crippen molar-refractivity contribution >= 4 is 6.03 Å². The predicted octanol–water partition coefficient (Wildman–Crippen LogP) is 4.61. The number of nitrogens with zero attached hydrogens (tertiary/aromatic N) is 1. The molecule has 1 N–H and O–H groups in total. The van der Waals surface area contributed by atoms with Crippen LogP contribution in [0.25, 0.3) is 0 Å². The van der Waals surface area contributed by atoms with E-state index in [0.29, 0.717) is 5.92 Å². The lowest BCUT2D eigenvalue weighted by molar-refractivity contribution is 0.197. The van der Waals surface area contributed by atoms with Crippen molar-refractivity contribution in [3.63, 3.8) is 0 Å². The Morgan fingerprint density at radius 2 is 1.54 bits per heavy atom. The van der Waals surface area contributed by atoms with E-state index >= 15 is 0 Å². The van der Waals surface area contributed by atoms with Gasteiger partial charge >= 0.3 is 6.03 Å². The summed E-state index contributed by atoms with van der Waals surface area (Å²) in [6, 6.07) is 20.3. The fourth-order valence-electron chi connectivity index (χ4n) is 3.33. The second-order valence-corrected chi connectivity index (χ2v) is 6.73. The van der Waals surface area contributed by atoms with Gasteiger partial charge in [0.1, 0.15) is 0 Å². The van der Waals surface area contributed by atoms with Crippen LogP contribution in [0.5, 0.6) is 0 Å². The summed E-state index contributed by atoms with van der Waals surface area (Å²) in [7, 11) is 0. The van der Waals surface area contributed by atoms with Crippen molar-refractivity contribution in [3.05, 3.63) is 71.8 Å². The first-order valence-electron chi connectivity index (χ1n) is 8.89. The quantitative estimate of drug-likeness (QED) is 0.879. The van der Waals surface area contributed by atoms with Crippen molar-refractivity contribution in [2.45, 2.75) is 32.2 Å². The second kappa shape index (κ2) is 8.00. The minimum Gasteiger partial charge on any atom is -0.327 e. The summed E-state index contributed by atoms with van der Waals surface area (Å²) in [5.41, 5.74) is 2.22. The second-order valence-electron chi connectivity index (χ2n) is 6.73. The van der Waals surface area contributed by atoms with Gasteiger partial charge in [-0.1, -0.05) is 67.6 Å². The highest BCUT2D eigenvalue weighted by molar-refractivity contribution is 5.75. The van der Waals surface area contributed by atoms with E-state index in [1.165, 1.54) is 6.42 Å². The smallest absolute Gasteiger partial charge is 0.318 e. The van der Waals surface area contributed by atoms with Crippen LogP contribution < -0.4 is 5.32 Å². The Morgan fingerprint density at radius 3 is 2.12 bits per heavy atom. The molecule has 24 heavy (non-hydrogen) atoms. The number of carbonyl (C=O) groups is 1. The van der Waals surface area contributed by atoms with E-state index in [0.717, 1.165) is 37.1 Å². The van der Waals surface area contributed by atoms with E-state index in [1.807, 2.05) is 41.3 Å². The molecular weight excluding hydrogens is 296 g/mol. The van der Waals surface area contributed by atoms with Gasteiger partial charge in [0.2, 0.25) is 0 Å². The summed E-state index contributed by atoms with van der Waals surface area (Å²) < 4.78 is 0. The largest absolute Gasteiger partial charge is 0.327 e. The van der Waals surface area contributed by atoms with Crippen LogP contribution in [0, 0.1) is 5.92 Å². The van der Waals surface area contributed by atoms with Crippen LogP contribution in [0.1, 0.15) is 43.4 Å². The third-order valence-electron chi connectivity index (χ3n) is 4.84. The molecule has 1 fully saturated rings. The van der Waals surface area contributed by atoms with Crippen molar-refractivity contribution in [1.29, 1.82) is 0 Å². The third kappa shape index (κ3) is 4.16. The SMILES string of the molecule is CC1CCCN(C(=O)NC(c2ccccc2)c2ccccc2)CC1. The van der Waals surface area contributed by atoms with Crippen molar-refractivity contribution in [3.8, 4) is 0 Å². The third-order valence-corrected chi connectivity index (χ3v) is 4.84. The van der Waals surface area contributed by atoms with Crippen molar-refractivity contribution in [2.24, 2.45) is 5.92 Å². The zero-order valence-corrected chi connectivity index (χ0v) is 14.3. The monoisotopic (exact) mass is 322 g/mol. The molecule has 0 aromatic heterocycles. The predicted molar refractivity (Wildman–Crippen MR) is 97.8 cm³/mol. The molecule has 1 unspecified atom stereocenters. The number of urea groups is 1. The first-order chi connectivity index (χ1) is 11.7. The molecule has 0 bridgehead atoms. The topological polar surface area (TPSA) is 32.3 Å². The number of hydrogen-bond donors (Lipinski definition) is 1. The average molecular weight is 322 g/mol. The number of rotatable bonds is 3. The van der Waals surface area contributed by atoms with Gasteiger partial charge in [0.05, 0.1) is 6.04 Å². The van der Waals surface area contributed by atoms with E-state index < -0.39 is 0 Å². The summed E-state index contributed by atoms with van der Waals surface area (Å²) in [4.78, 5) is 14.8. The summed E-state index contributed by atoms with van der Waals surface area (Å²) in [5.74, 6) is 0.710. The first-order valence-corrected chi connectivity index (χ1v) is 8.89. The van der Waals surface area contributed by atoms with Gasteiger partial charge in [0, 0.05) is 13.1 Å². The molecule has 0 radical (unpaired) electrons. The summed E-state index contributed by atoms with van der Waals surface area (Å²) >= 11 is 0. The van der Waals surface area contributed by atoms with Crippen LogP contribution in [-0.4, -0.2) is 24.0 Å². The molecule has 126 valence electrons. The maximum atomic E-state index is 12.8. The lowest BCUT2D eigenvalue weighted by Crippen LogP contribution is -2.42. The zero-order valence-electron chi connectivity index (χ0n) is 14.3. The number of carbonyl (C=O) groups excluding carboxylic acids is 1. The Balaban J connectivity index is 1.78. The Labute approximate surface area is 144 Å². The van der Waals surface area contributed by atoms with Crippen molar-refractivity contribution in [1.82, 2.24) is 10.2 Å². The Hall–Kier alpha value is -2.29. The van der Waals surface area contributed by atoms with Gasteiger partial charge in [-0.15, -0.1) is 0 Å². The highest BCUT2D eigenvalue weighted by atomic mass is 16.2. The molecule has 2 aromatic rings. The van der Waals surface area contributed by atoms with E-state index in [9.17, 15) is 4.79 Å².